The van der Waals surface area contributed by atoms with E-state index < -0.39 is 0 Å². The van der Waals surface area contributed by atoms with Crippen LogP contribution < -0.4 is 19.6 Å². The van der Waals surface area contributed by atoms with Gasteiger partial charge in [0, 0.05) is 22.9 Å². The lowest BCUT2D eigenvalue weighted by Gasteiger charge is -2.19. The predicted molar refractivity (Wildman–Crippen MR) is 158 cm³/mol. The second-order valence-corrected chi connectivity index (χ2v) is 10.8. The average Bonchev–Trinajstić information content (AvgIpc) is 3.39. The summed E-state index contributed by atoms with van der Waals surface area (Å²) >= 11 is 1.27. The molecule has 1 N–H and O–H groups in total. The van der Waals surface area contributed by atoms with E-state index >= 15 is 0 Å². The van der Waals surface area contributed by atoms with E-state index in [1.54, 1.807) is 39.5 Å². The van der Waals surface area contributed by atoms with Crippen molar-refractivity contribution in [1.82, 2.24) is 20.2 Å². The Hall–Kier alpha value is -4.31. The van der Waals surface area contributed by atoms with Gasteiger partial charge in [-0.05, 0) is 47.4 Å². The van der Waals surface area contributed by atoms with Crippen molar-refractivity contribution in [2.45, 2.75) is 31.3 Å². The Morgan fingerprint density at radius 3 is 2.23 bits per heavy atom. The van der Waals surface area contributed by atoms with Crippen LogP contribution in [0.1, 0.15) is 31.9 Å². The Kier molecular flexibility index (Phi) is 9.11. The summed E-state index contributed by atoms with van der Waals surface area (Å²) in [5, 5.41) is 13.6. The second kappa shape index (κ2) is 12.7. The number of benzene rings is 3. The fourth-order valence-corrected chi connectivity index (χ4v) is 4.64. The molecule has 0 saturated carbocycles. The van der Waals surface area contributed by atoms with Crippen LogP contribution in [0.15, 0.2) is 77.0 Å². The number of nitrogens with zero attached hydrogens (tertiary/aromatic N) is 4. The molecular formula is C30H33N5O4S. The van der Waals surface area contributed by atoms with Crippen molar-refractivity contribution >= 4 is 23.9 Å². The van der Waals surface area contributed by atoms with E-state index in [0.29, 0.717) is 28.0 Å². The van der Waals surface area contributed by atoms with Gasteiger partial charge in [-0.2, -0.15) is 5.10 Å². The highest BCUT2D eigenvalue weighted by Crippen LogP contribution is 2.31. The van der Waals surface area contributed by atoms with Crippen LogP contribution in [-0.4, -0.2) is 54.0 Å². The lowest BCUT2D eigenvalue weighted by atomic mass is 9.87. The molecule has 0 atom stereocenters. The summed E-state index contributed by atoms with van der Waals surface area (Å²) in [6.07, 6.45) is 1.53. The summed E-state index contributed by atoms with van der Waals surface area (Å²) in [5.41, 5.74) is 6.31. The topological polar surface area (TPSA) is 99.9 Å². The molecule has 1 heterocycles. The van der Waals surface area contributed by atoms with Crippen molar-refractivity contribution in [1.29, 1.82) is 0 Å². The summed E-state index contributed by atoms with van der Waals surface area (Å²) in [7, 11) is 4.78. The summed E-state index contributed by atoms with van der Waals surface area (Å²) < 4.78 is 17.8. The highest BCUT2D eigenvalue weighted by atomic mass is 32.2. The van der Waals surface area contributed by atoms with E-state index in [-0.39, 0.29) is 17.1 Å². The average molecular weight is 560 g/mol. The largest absolute Gasteiger partial charge is 0.497 e. The van der Waals surface area contributed by atoms with Crippen LogP contribution in [0.5, 0.6) is 17.2 Å². The second-order valence-electron chi connectivity index (χ2n) is 9.86. The zero-order valence-corrected chi connectivity index (χ0v) is 24.3. The zero-order valence-electron chi connectivity index (χ0n) is 23.5. The number of methoxy groups -OCH3 is 3. The van der Waals surface area contributed by atoms with Crippen LogP contribution in [0.4, 0.5) is 0 Å². The number of hydrogen-bond acceptors (Lipinski definition) is 8. The van der Waals surface area contributed by atoms with E-state index in [2.05, 4.69) is 53.6 Å². The number of ether oxygens (including phenoxy) is 3. The molecule has 0 fully saturated rings. The molecule has 0 bridgehead atoms. The molecule has 9 nitrogen and oxygen atoms in total. The molecule has 0 radical (unpaired) electrons. The molecule has 40 heavy (non-hydrogen) atoms. The fraction of sp³-hybridized carbons (Fsp3) is 0.267. The van der Waals surface area contributed by atoms with Crippen molar-refractivity contribution in [3.63, 3.8) is 0 Å². The maximum atomic E-state index is 12.6. The molecule has 4 rings (SSSR count). The van der Waals surface area contributed by atoms with Crippen LogP contribution in [0.2, 0.25) is 0 Å². The van der Waals surface area contributed by atoms with E-state index in [1.165, 1.54) is 23.5 Å². The maximum absolute atomic E-state index is 12.6. The van der Waals surface area contributed by atoms with Crippen LogP contribution >= 0.6 is 11.8 Å². The SMILES string of the molecule is COc1ccc(-n2c(SCC(=O)N/N=C\c3ccc(OC)cc3OC)nnc2-c2ccc(C(C)(C)C)cc2)cc1. The van der Waals surface area contributed by atoms with Gasteiger partial charge in [0.05, 0.1) is 33.3 Å². The Morgan fingerprint density at radius 2 is 1.60 bits per heavy atom. The van der Waals surface area contributed by atoms with Gasteiger partial charge in [-0.25, -0.2) is 5.43 Å². The third kappa shape index (κ3) is 6.81. The molecule has 1 aromatic heterocycles. The van der Waals surface area contributed by atoms with Gasteiger partial charge < -0.3 is 14.2 Å². The molecule has 0 saturated heterocycles. The summed E-state index contributed by atoms with van der Waals surface area (Å²) in [5.74, 6) is 2.48. The van der Waals surface area contributed by atoms with E-state index in [1.807, 2.05) is 41.0 Å². The van der Waals surface area contributed by atoms with Crippen molar-refractivity contribution in [3.05, 3.63) is 77.9 Å². The Bertz CT molecular complexity index is 1480. The number of nitrogens with one attached hydrogen (secondary N) is 1. The van der Waals surface area contributed by atoms with Crippen LogP contribution in [0.3, 0.4) is 0 Å². The van der Waals surface area contributed by atoms with Gasteiger partial charge in [0.2, 0.25) is 0 Å². The normalized spacial score (nSPS) is 11.4. The van der Waals surface area contributed by atoms with E-state index in [0.717, 1.165) is 17.0 Å². The number of amides is 1. The molecule has 208 valence electrons. The first-order valence-corrected chi connectivity index (χ1v) is 13.6. The minimum Gasteiger partial charge on any atom is -0.497 e. The molecule has 0 aliphatic heterocycles. The summed E-state index contributed by atoms with van der Waals surface area (Å²) in [4.78, 5) is 12.6. The number of aromatic nitrogens is 3. The standard InChI is InChI=1S/C30H33N5O4S/c1-30(2,3)22-10-7-20(8-11-22)28-33-34-29(35(28)23-12-15-24(37-4)16-13-23)40-19-27(36)32-31-18-21-9-14-25(38-5)17-26(21)39-6/h7-18H,19H2,1-6H3,(H,32,36)/b31-18-. The van der Waals surface area contributed by atoms with Gasteiger partial charge in [0.15, 0.2) is 11.0 Å². The fourth-order valence-electron chi connectivity index (χ4n) is 3.90. The Morgan fingerprint density at radius 1 is 0.925 bits per heavy atom. The molecule has 3 aromatic carbocycles. The highest BCUT2D eigenvalue weighted by molar-refractivity contribution is 7.99. The first-order valence-electron chi connectivity index (χ1n) is 12.6. The molecule has 0 spiro atoms. The molecule has 0 aliphatic carbocycles. The monoisotopic (exact) mass is 559 g/mol. The van der Waals surface area contributed by atoms with E-state index in [9.17, 15) is 4.79 Å². The van der Waals surface area contributed by atoms with E-state index in [4.69, 9.17) is 14.2 Å². The van der Waals surface area contributed by atoms with Gasteiger partial charge in [0.1, 0.15) is 17.2 Å². The minimum atomic E-state index is -0.283. The summed E-state index contributed by atoms with van der Waals surface area (Å²) in [6, 6.07) is 21.3. The van der Waals surface area contributed by atoms with Gasteiger partial charge in [-0.1, -0.05) is 56.8 Å². The van der Waals surface area contributed by atoms with Crippen molar-refractivity contribution in [3.8, 4) is 34.3 Å². The first-order chi connectivity index (χ1) is 19.2. The van der Waals surface area contributed by atoms with Crippen molar-refractivity contribution < 1.29 is 19.0 Å². The molecule has 0 aliphatic rings. The van der Waals surface area contributed by atoms with Crippen molar-refractivity contribution in [2.24, 2.45) is 5.10 Å². The quantitative estimate of drug-likeness (QED) is 0.156. The molecule has 0 unspecified atom stereocenters. The predicted octanol–water partition coefficient (Wildman–Crippen LogP) is 5.50. The van der Waals surface area contributed by atoms with Gasteiger partial charge in [0.25, 0.3) is 5.91 Å². The van der Waals surface area contributed by atoms with Crippen LogP contribution in [0, 0.1) is 0 Å². The van der Waals surface area contributed by atoms with Crippen LogP contribution in [-0.2, 0) is 10.2 Å². The minimum absolute atomic E-state index is 0.0392. The van der Waals surface area contributed by atoms with Crippen molar-refractivity contribution in [2.75, 3.05) is 27.1 Å². The zero-order chi connectivity index (χ0) is 28.7. The number of carbonyl (C=O) groups excluding carboxylic acids is 1. The Balaban J connectivity index is 1.53. The molecular weight excluding hydrogens is 526 g/mol. The maximum Gasteiger partial charge on any atom is 0.250 e. The lowest BCUT2D eigenvalue weighted by Crippen LogP contribution is -2.20. The first kappa shape index (κ1) is 28.7. The molecule has 10 heteroatoms. The molecule has 4 aromatic rings. The third-order valence-electron chi connectivity index (χ3n) is 6.14. The smallest absolute Gasteiger partial charge is 0.250 e. The summed E-state index contributed by atoms with van der Waals surface area (Å²) in [6.45, 7) is 6.54. The van der Waals surface area contributed by atoms with Gasteiger partial charge >= 0.3 is 0 Å². The highest BCUT2D eigenvalue weighted by Gasteiger charge is 2.19. The van der Waals surface area contributed by atoms with Gasteiger partial charge in [-0.3, -0.25) is 9.36 Å². The van der Waals surface area contributed by atoms with Crippen LogP contribution in [0.25, 0.3) is 17.1 Å². The third-order valence-corrected chi connectivity index (χ3v) is 7.07. The van der Waals surface area contributed by atoms with Gasteiger partial charge in [-0.15, -0.1) is 10.2 Å². The Labute approximate surface area is 238 Å². The number of hydrazone groups is 1. The molecule has 1 amide bonds. The number of rotatable bonds is 10. The number of carbonyl (C=O) groups is 1. The number of hydrogen-bond donors (Lipinski definition) is 1. The lowest BCUT2D eigenvalue weighted by molar-refractivity contribution is -0.118. The number of thioether (sulfide) groups is 1.